The molecule has 12 aromatic carbocycles. The normalized spacial score (nSPS) is 11.1. The van der Waals surface area contributed by atoms with Crippen molar-refractivity contribution in [2.45, 2.75) is 79.8 Å². The molecular formula is C75H71NO3. The Morgan fingerprint density at radius 3 is 1.27 bits per heavy atom. The molecule has 0 radical (unpaired) electrons. The van der Waals surface area contributed by atoms with Crippen LogP contribution in [0.3, 0.4) is 0 Å². The summed E-state index contributed by atoms with van der Waals surface area (Å²) < 4.78 is 13.1. The van der Waals surface area contributed by atoms with E-state index in [2.05, 4.69) is 257 Å². The third kappa shape index (κ3) is 12.7. The second-order valence-electron chi connectivity index (χ2n) is 21.1. The van der Waals surface area contributed by atoms with Crippen molar-refractivity contribution in [2.75, 3.05) is 0 Å². The van der Waals surface area contributed by atoms with Crippen LogP contribution in [0.4, 0.5) is 4.79 Å². The summed E-state index contributed by atoms with van der Waals surface area (Å²) in [7, 11) is 0. The van der Waals surface area contributed by atoms with Gasteiger partial charge in [-0.05, 0) is 123 Å². The first-order chi connectivity index (χ1) is 38.4. The van der Waals surface area contributed by atoms with Crippen LogP contribution < -0.4 is 4.74 Å². The summed E-state index contributed by atoms with van der Waals surface area (Å²) in [5, 5.41) is 11.9. The van der Waals surface area contributed by atoms with Crippen molar-refractivity contribution in [3.63, 3.8) is 0 Å². The molecule has 1 aromatic heterocycles. The largest absolute Gasteiger partial charge is 0.514 e. The van der Waals surface area contributed by atoms with E-state index in [0.29, 0.717) is 17.6 Å². The fraction of sp³-hybridized carbons (Fsp3) is 0.160. The highest BCUT2D eigenvalue weighted by Crippen LogP contribution is 2.39. The van der Waals surface area contributed by atoms with Crippen LogP contribution in [0.2, 0.25) is 0 Å². The van der Waals surface area contributed by atoms with Gasteiger partial charge in [-0.3, -0.25) is 0 Å². The smallest absolute Gasteiger partial charge is 0.428 e. The third-order valence-electron chi connectivity index (χ3n) is 14.0. The molecule has 4 nitrogen and oxygen atoms in total. The highest BCUT2D eigenvalue weighted by atomic mass is 16.7. The van der Waals surface area contributed by atoms with Gasteiger partial charge < -0.3 is 14.0 Å². The van der Waals surface area contributed by atoms with Crippen molar-refractivity contribution in [2.24, 2.45) is 0 Å². The Hall–Kier alpha value is -8.99. The summed E-state index contributed by atoms with van der Waals surface area (Å²) in [5.74, 6) is 1.74. The number of nitrogens with zero attached hydrogens (tertiary/aromatic N) is 1. The Balaban J connectivity index is 0.000000129. The molecule has 0 aliphatic rings. The summed E-state index contributed by atoms with van der Waals surface area (Å²) >= 11 is 0. The molecule has 0 aliphatic carbocycles. The summed E-state index contributed by atoms with van der Waals surface area (Å²) in [4.78, 5) is 12.0. The van der Waals surface area contributed by atoms with Gasteiger partial charge in [0.1, 0.15) is 11.4 Å². The van der Waals surface area contributed by atoms with Crippen LogP contribution in [0.1, 0.15) is 85.3 Å². The van der Waals surface area contributed by atoms with Gasteiger partial charge in [-0.25, -0.2) is 4.79 Å². The predicted octanol–water partition coefficient (Wildman–Crippen LogP) is 21.8. The molecule has 0 saturated heterocycles. The highest BCUT2D eigenvalue weighted by Gasteiger charge is 2.20. The van der Waals surface area contributed by atoms with Gasteiger partial charge in [0.2, 0.25) is 0 Å². The number of carbonyl (C=O) groups excluding carboxylic acids is 1. The Kier molecular flexibility index (Phi) is 17.3. The first-order valence-electron chi connectivity index (χ1n) is 27.7. The Morgan fingerprint density at radius 1 is 0.367 bits per heavy atom. The lowest BCUT2D eigenvalue weighted by molar-refractivity contribution is 0.0209. The minimum atomic E-state index is -0.683. The summed E-state index contributed by atoms with van der Waals surface area (Å²) in [5.41, 5.74) is 11.1. The molecule has 4 heteroatoms. The molecule has 0 amide bonds. The lowest BCUT2D eigenvalue weighted by Gasteiger charge is -2.19. The van der Waals surface area contributed by atoms with E-state index in [9.17, 15) is 4.79 Å². The number of carbonyl (C=O) groups is 1. The standard InChI is InChI=1S/C22H15N.C21H18O3.2C15H16.C2H6/c1-2-10-17-16(8-1)9-7-15-20(17)23-21-13-5-3-11-18(21)19-12-4-6-14-22(19)23;1-21(2,3)24-20(22)23-17-12-10-15-8-7-13-5-4-6-14-9-11-16(17)19(15)18(13)14;2*1-12(2)13-8-10-15(11-9-13)14-6-4-3-5-7-14;1-2/h1-15H;4-12H,1-3H3;2*3-12H,1-2H3;1-2H3. The van der Waals surface area contributed by atoms with E-state index in [1.807, 2.05) is 65.0 Å². The van der Waals surface area contributed by atoms with E-state index < -0.39 is 11.8 Å². The maximum absolute atomic E-state index is 12.0. The number of aromatic nitrogens is 1. The SMILES string of the molecule is CC.CC(C)(C)OC(=O)Oc1ccc2ccc3cccc4ccc1c2c34.CC(C)c1ccc(-c2ccccc2)cc1.CC(C)c1ccc(-c2ccccc2)cc1.c1ccc2c(-n3c4ccccc4c4ccccc43)cccc2c1. The van der Waals surface area contributed by atoms with Gasteiger partial charge in [0.05, 0.1) is 16.7 Å². The van der Waals surface area contributed by atoms with Crippen LogP contribution in [-0.2, 0) is 4.74 Å². The number of hydrogen-bond acceptors (Lipinski definition) is 3. The zero-order valence-corrected chi connectivity index (χ0v) is 47.1. The van der Waals surface area contributed by atoms with Gasteiger partial charge in [0.15, 0.2) is 0 Å². The second kappa shape index (κ2) is 25.0. The van der Waals surface area contributed by atoms with E-state index in [1.54, 1.807) is 0 Å². The fourth-order valence-electron chi connectivity index (χ4n) is 10.1. The maximum Gasteiger partial charge on any atom is 0.514 e. The van der Waals surface area contributed by atoms with E-state index in [0.717, 1.165) is 16.2 Å². The fourth-order valence-corrected chi connectivity index (χ4v) is 10.1. The van der Waals surface area contributed by atoms with Crippen LogP contribution >= 0.6 is 0 Å². The number of ether oxygens (including phenoxy) is 2. The Bertz CT molecular complexity index is 3910. The van der Waals surface area contributed by atoms with Crippen molar-refractivity contribution in [1.82, 2.24) is 4.57 Å². The Labute approximate surface area is 466 Å². The molecule has 13 rings (SSSR count). The van der Waals surface area contributed by atoms with Crippen LogP contribution in [0, 0.1) is 0 Å². The molecule has 0 aliphatic heterocycles. The average Bonchev–Trinajstić information content (AvgIpc) is 3.99. The molecule has 0 atom stereocenters. The van der Waals surface area contributed by atoms with Gasteiger partial charge in [0, 0.05) is 26.9 Å². The molecule has 394 valence electrons. The number of rotatable bonds is 6. The van der Waals surface area contributed by atoms with E-state index in [-0.39, 0.29) is 0 Å². The topological polar surface area (TPSA) is 40.5 Å². The summed E-state index contributed by atoms with van der Waals surface area (Å²) in [6, 6.07) is 89.4. The molecule has 0 fully saturated rings. The van der Waals surface area contributed by atoms with Crippen LogP contribution in [-0.4, -0.2) is 16.3 Å². The van der Waals surface area contributed by atoms with Crippen molar-refractivity contribution in [3.8, 4) is 33.7 Å². The molecule has 0 N–H and O–H groups in total. The zero-order chi connectivity index (χ0) is 55.5. The molecule has 79 heavy (non-hydrogen) atoms. The van der Waals surface area contributed by atoms with E-state index in [4.69, 9.17) is 9.47 Å². The quantitative estimate of drug-likeness (QED) is 0.0947. The molecule has 0 saturated carbocycles. The molecule has 1 heterocycles. The first-order valence-corrected chi connectivity index (χ1v) is 27.7. The lowest BCUT2D eigenvalue weighted by Crippen LogP contribution is -2.26. The maximum atomic E-state index is 12.0. The number of hydrogen-bond donors (Lipinski definition) is 0. The van der Waals surface area contributed by atoms with Gasteiger partial charge in [-0.2, -0.15) is 0 Å². The van der Waals surface area contributed by atoms with Crippen LogP contribution in [0.5, 0.6) is 5.75 Å². The molecule has 0 spiro atoms. The minimum absolute atomic E-state index is 0.523. The summed E-state index contributed by atoms with van der Waals surface area (Å²) in [6.07, 6.45) is -0.683. The minimum Gasteiger partial charge on any atom is -0.428 e. The van der Waals surface area contributed by atoms with Crippen molar-refractivity contribution >= 4 is 71.1 Å². The predicted molar refractivity (Wildman–Crippen MR) is 339 cm³/mol. The van der Waals surface area contributed by atoms with Crippen molar-refractivity contribution in [3.05, 3.63) is 266 Å². The summed E-state index contributed by atoms with van der Waals surface area (Å²) in [6.45, 7) is 18.3. The van der Waals surface area contributed by atoms with Crippen molar-refractivity contribution in [1.29, 1.82) is 0 Å². The van der Waals surface area contributed by atoms with E-state index >= 15 is 0 Å². The Morgan fingerprint density at radius 2 is 0.759 bits per heavy atom. The first kappa shape index (κ1) is 54.8. The highest BCUT2D eigenvalue weighted by molar-refractivity contribution is 6.24. The molecule has 0 unspecified atom stereocenters. The lowest BCUT2D eigenvalue weighted by atomic mass is 9.94. The van der Waals surface area contributed by atoms with Gasteiger partial charge >= 0.3 is 6.16 Å². The second-order valence-corrected chi connectivity index (χ2v) is 21.1. The molecule has 0 bridgehead atoms. The monoisotopic (exact) mass is 1030 g/mol. The van der Waals surface area contributed by atoms with Crippen molar-refractivity contribution < 1.29 is 14.3 Å². The van der Waals surface area contributed by atoms with Crippen LogP contribution in [0.25, 0.3) is 92.8 Å². The van der Waals surface area contributed by atoms with E-state index in [1.165, 1.54) is 87.8 Å². The van der Waals surface area contributed by atoms with Gasteiger partial charge in [0.25, 0.3) is 0 Å². The average molecular weight is 1030 g/mol. The van der Waals surface area contributed by atoms with Crippen LogP contribution in [0.15, 0.2) is 255 Å². The van der Waals surface area contributed by atoms with Gasteiger partial charge in [-0.15, -0.1) is 0 Å². The number of benzene rings is 12. The molecular weight excluding hydrogens is 963 g/mol. The van der Waals surface area contributed by atoms with Gasteiger partial charge in [-0.1, -0.05) is 266 Å². The third-order valence-corrected chi connectivity index (χ3v) is 14.0. The number of fused-ring (bicyclic) bond motifs is 4. The number of para-hydroxylation sites is 2. The zero-order valence-electron chi connectivity index (χ0n) is 47.1. The molecule has 13 aromatic rings.